The third-order valence-corrected chi connectivity index (χ3v) is 4.89. The number of β-amino-alcohol motifs (C(OH)–C–C–N with tert-alkyl or cyclic N) is 1. The molecule has 1 aliphatic rings. The van der Waals surface area contributed by atoms with Crippen molar-refractivity contribution in [1.82, 2.24) is 9.97 Å². The normalized spacial score (nSPS) is 20.6. The summed E-state index contributed by atoms with van der Waals surface area (Å²) in [5.74, 6) is 1.28. The van der Waals surface area contributed by atoms with E-state index in [1.807, 2.05) is 17.0 Å². The minimum Gasteiger partial charge on any atom is -0.481 e. The van der Waals surface area contributed by atoms with E-state index in [-0.39, 0.29) is 5.92 Å². The molecular weight excluding hydrogens is 314 g/mol. The number of ether oxygens (including phenoxy) is 1. The number of aromatic nitrogens is 2. The van der Waals surface area contributed by atoms with Crippen LogP contribution >= 0.6 is 0 Å². The molecule has 0 aliphatic carbocycles. The summed E-state index contributed by atoms with van der Waals surface area (Å²) >= 11 is 0. The Balaban J connectivity index is 1.54. The Bertz CT molecular complexity index is 883. The van der Waals surface area contributed by atoms with E-state index >= 15 is 0 Å². The average Bonchev–Trinajstić information content (AvgIpc) is 2.67. The summed E-state index contributed by atoms with van der Waals surface area (Å²) in [6.45, 7) is 1.33. The number of aliphatic hydroxyl groups is 1. The van der Waals surface area contributed by atoms with E-state index in [1.165, 1.54) is 16.3 Å². The number of anilines is 1. The van der Waals surface area contributed by atoms with Crippen molar-refractivity contribution in [2.75, 3.05) is 25.1 Å². The van der Waals surface area contributed by atoms with Crippen LogP contribution in [0.1, 0.15) is 17.9 Å². The maximum atomic E-state index is 10.7. The van der Waals surface area contributed by atoms with Crippen molar-refractivity contribution in [3.8, 4) is 5.88 Å². The Labute approximate surface area is 146 Å². The van der Waals surface area contributed by atoms with Gasteiger partial charge in [-0.15, -0.1) is 0 Å². The van der Waals surface area contributed by atoms with Crippen LogP contribution < -0.4 is 9.64 Å². The van der Waals surface area contributed by atoms with Crippen molar-refractivity contribution in [2.24, 2.45) is 0 Å². The van der Waals surface area contributed by atoms with Crippen LogP contribution in [0.4, 0.5) is 5.95 Å². The van der Waals surface area contributed by atoms with Gasteiger partial charge in [-0.2, -0.15) is 4.98 Å². The fourth-order valence-corrected chi connectivity index (χ4v) is 3.54. The zero-order chi connectivity index (χ0) is 17.2. The van der Waals surface area contributed by atoms with E-state index in [2.05, 4.69) is 40.3 Å². The fraction of sp³-hybridized carbons (Fsp3) is 0.300. The molecule has 128 valence electrons. The molecule has 2 atom stereocenters. The second-order valence-corrected chi connectivity index (χ2v) is 6.41. The molecule has 0 unspecified atom stereocenters. The largest absolute Gasteiger partial charge is 0.481 e. The van der Waals surface area contributed by atoms with Crippen LogP contribution in [0.5, 0.6) is 5.88 Å². The Morgan fingerprint density at radius 3 is 2.76 bits per heavy atom. The number of methoxy groups -OCH3 is 1. The maximum Gasteiger partial charge on any atom is 0.228 e. The predicted molar refractivity (Wildman–Crippen MR) is 98.1 cm³/mol. The van der Waals surface area contributed by atoms with Crippen molar-refractivity contribution in [2.45, 2.75) is 18.4 Å². The summed E-state index contributed by atoms with van der Waals surface area (Å²) in [5, 5.41) is 13.2. The molecule has 0 spiro atoms. The molecule has 5 nitrogen and oxygen atoms in total. The van der Waals surface area contributed by atoms with Crippen LogP contribution in [-0.2, 0) is 0 Å². The van der Waals surface area contributed by atoms with E-state index in [0.29, 0.717) is 18.4 Å². The van der Waals surface area contributed by atoms with E-state index in [1.54, 1.807) is 19.4 Å². The molecule has 3 aromatic rings. The zero-order valence-electron chi connectivity index (χ0n) is 14.2. The van der Waals surface area contributed by atoms with Gasteiger partial charge in [0.1, 0.15) is 0 Å². The van der Waals surface area contributed by atoms with E-state index < -0.39 is 6.10 Å². The second kappa shape index (κ2) is 6.69. The van der Waals surface area contributed by atoms with Crippen molar-refractivity contribution in [3.63, 3.8) is 0 Å². The van der Waals surface area contributed by atoms with E-state index in [4.69, 9.17) is 4.74 Å². The predicted octanol–water partition coefficient (Wildman–Crippen LogP) is 2.99. The maximum absolute atomic E-state index is 10.7. The third-order valence-electron chi connectivity index (χ3n) is 4.89. The van der Waals surface area contributed by atoms with Crippen molar-refractivity contribution in [3.05, 3.63) is 60.3 Å². The first-order valence-electron chi connectivity index (χ1n) is 8.53. The first-order chi connectivity index (χ1) is 12.2. The van der Waals surface area contributed by atoms with Crippen LogP contribution in [0.2, 0.25) is 0 Å². The molecule has 0 saturated carbocycles. The third kappa shape index (κ3) is 3.15. The van der Waals surface area contributed by atoms with Crippen LogP contribution in [0.3, 0.4) is 0 Å². The quantitative estimate of drug-likeness (QED) is 0.797. The number of nitrogens with zero attached hydrogens (tertiary/aromatic N) is 3. The molecule has 1 saturated heterocycles. The van der Waals surface area contributed by atoms with Crippen LogP contribution in [0.15, 0.2) is 54.7 Å². The molecular formula is C20H21N3O2. The van der Waals surface area contributed by atoms with Crippen molar-refractivity contribution >= 4 is 16.7 Å². The van der Waals surface area contributed by atoms with Crippen LogP contribution in [0, 0.1) is 0 Å². The number of aliphatic hydroxyl groups excluding tert-OH is 1. The molecule has 1 N–H and O–H groups in total. The SMILES string of the molecule is COc1ccnc(N2CC[C@@H](c3ccc4ccccc4c3)[C@H](O)C2)n1. The molecule has 2 heterocycles. The lowest BCUT2D eigenvalue weighted by Crippen LogP contribution is -2.43. The van der Waals surface area contributed by atoms with Gasteiger partial charge in [-0.25, -0.2) is 4.98 Å². The number of hydrogen-bond acceptors (Lipinski definition) is 5. The lowest BCUT2D eigenvalue weighted by atomic mass is 9.86. The van der Waals surface area contributed by atoms with Gasteiger partial charge in [0, 0.05) is 31.3 Å². The van der Waals surface area contributed by atoms with Gasteiger partial charge >= 0.3 is 0 Å². The van der Waals surface area contributed by atoms with Gasteiger partial charge in [-0.1, -0.05) is 42.5 Å². The standard InChI is InChI=1S/C20H21N3O2/c1-25-19-8-10-21-20(22-19)23-11-9-17(18(24)13-23)16-7-6-14-4-2-3-5-15(14)12-16/h2-8,10,12,17-18,24H,9,11,13H2,1H3/t17-,18+/m0/s1. The Hall–Kier alpha value is -2.66. The lowest BCUT2D eigenvalue weighted by Gasteiger charge is -2.36. The van der Waals surface area contributed by atoms with Gasteiger partial charge in [0.25, 0.3) is 0 Å². The molecule has 2 aromatic carbocycles. The highest BCUT2D eigenvalue weighted by Crippen LogP contribution is 2.31. The molecule has 0 bridgehead atoms. The van der Waals surface area contributed by atoms with Gasteiger partial charge in [0.05, 0.1) is 13.2 Å². The smallest absolute Gasteiger partial charge is 0.228 e. The van der Waals surface area contributed by atoms with E-state index in [9.17, 15) is 5.11 Å². The Morgan fingerprint density at radius 2 is 1.96 bits per heavy atom. The molecule has 25 heavy (non-hydrogen) atoms. The molecule has 0 radical (unpaired) electrons. The molecule has 1 aliphatic heterocycles. The van der Waals surface area contributed by atoms with Gasteiger partial charge in [0.2, 0.25) is 11.8 Å². The number of piperidine rings is 1. The first-order valence-corrected chi connectivity index (χ1v) is 8.53. The molecule has 5 heteroatoms. The van der Waals surface area contributed by atoms with Gasteiger partial charge in [-0.05, 0) is 22.8 Å². The topological polar surface area (TPSA) is 58.5 Å². The molecule has 1 fully saturated rings. The molecule has 4 rings (SSSR count). The average molecular weight is 335 g/mol. The summed E-state index contributed by atoms with van der Waals surface area (Å²) in [5.41, 5.74) is 1.19. The monoisotopic (exact) mass is 335 g/mol. The highest BCUT2D eigenvalue weighted by molar-refractivity contribution is 5.83. The number of hydrogen-bond donors (Lipinski definition) is 1. The summed E-state index contributed by atoms with van der Waals surface area (Å²) in [7, 11) is 1.59. The highest BCUT2D eigenvalue weighted by atomic mass is 16.5. The van der Waals surface area contributed by atoms with Crippen molar-refractivity contribution < 1.29 is 9.84 Å². The summed E-state index contributed by atoms with van der Waals surface area (Å²) in [6, 6.07) is 16.5. The fourth-order valence-electron chi connectivity index (χ4n) is 3.54. The Morgan fingerprint density at radius 1 is 1.12 bits per heavy atom. The van der Waals surface area contributed by atoms with Gasteiger partial charge in [0.15, 0.2) is 0 Å². The number of rotatable bonds is 3. The lowest BCUT2D eigenvalue weighted by molar-refractivity contribution is 0.129. The number of fused-ring (bicyclic) bond motifs is 1. The minimum atomic E-state index is -0.454. The molecule has 1 aromatic heterocycles. The number of benzene rings is 2. The summed E-state index contributed by atoms with van der Waals surface area (Å²) < 4.78 is 5.16. The summed E-state index contributed by atoms with van der Waals surface area (Å²) in [6.07, 6.45) is 2.09. The Kier molecular flexibility index (Phi) is 4.24. The summed E-state index contributed by atoms with van der Waals surface area (Å²) in [4.78, 5) is 10.7. The van der Waals surface area contributed by atoms with Gasteiger partial charge < -0.3 is 14.7 Å². The first kappa shape index (κ1) is 15.8. The minimum absolute atomic E-state index is 0.131. The van der Waals surface area contributed by atoms with Crippen molar-refractivity contribution in [1.29, 1.82) is 0 Å². The second-order valence-electron chi connectivity index (χ2n) is 6.41. The molecule has 0 amide bonds. The highest BCUT2D eigenvalue weighted by Gasteiger charge is 2.30. The van der Waals surface area contributed by atoms with E-state index in [0.717, 1.165) is 13.0 Å². The van der Waals surface area contributed by atoms with Crippen LogP contribution in [0.25, 0.3) is 10.8 Å². The van der Waals surface area contributed by atoms with Gasteiger partial charge in [-0.3, -0.25) is 0 Å². The van der Waals surface area contributed by atoms with Crippen LogP contribution in [-0.4, -0.2) is 41.4 Å². The zero-order valence-corrected chi connectivity index (χ0v) is 14.2.